The van der Waals surface area contributed by atoms with Gasteiger partial charge in [0, 0.05) is 13.0 Å². The number of amides is 1. The molecule has 2 rings (SSSR count). The number of carboxylic acid groups (broad SMARTS) is 1. The molecule has 120 valence electrons. The van der Waals surface area contributed by atoms with Gasteiger partial charge in [-0.05, 0) is 30.3 Å². The van der Waals surface area contributed by atoms with Gasteiger partial charge in [-0.1, -0.05) is 0 Å². The fourth-order valence-electron chi connectivity index (χ4n) is 1.83. The average molecular weight is 324 g/mol. The van der Waals surface area contributed by atoms with E-state index in [1.165, 1.54) is 6.92 Å². The summed E-state index contributed by atoms with van der Waals surface area (Å²) in [5.74, 6) is -2.24. The highest BCUT2D eigenvalue weighted by Crippen LogP contribution is 2.34. The number of anilines is 1. The summed E-state index contributed by atoms with van der Waals surface area (Å²) >= 11 is 0. The number of aromatic hydroxyl groups is 1. The van der Waals surface area contributed by atoms with E-state index in [-0.39, 0.29) is 16.9 Å². The van der Waals surface area contributed by atoms with E-state index < -0.39 is 17.6 Å². The van der Waals surface area contributed by atoms with Gasteiger partial charge in [-0.15, -0.1) is 5.11 Å². The van der Waals surface area contributed by atoms with Gasteiger partial charge < -0.3 is 15.5 Å². The monoisotopic (exact) mass is 324 g/mol. The number of phenols is 1. The molecule has 0 spiro atoms. The van der Waals surface area contributed by atoms with Gasteiger partial charge in [-0.2, -0.15) is 10.4 Å². The van der Waals surface area contributed by atoms with Gasteiger partial charge in [-0.25, -0.2) is 4.79 Å². The smallest absolute Gasteiger partial charge is 0.339 e. The van der Waals surface area contributed by atoms with Crippen LogP contribution in [0.25, 0.3) is 0 Å². The first-order chi connectivity index (χ1) is 11.4. The number of hydrogen-bond donors (Lipinski definition) is 3. The van der Waals surface area contributed by atoms with Crippen LogP contribution in [0, 0.1) is 11.3 Å². The normalized spacial score (nSPS) is 10.3. The number of nitrogens with one attached hydrogen (secondary N) is 1. The molecule has 0 saturated carbocycles. The second kappa shape index (κ2) is 7.02. The molecule has 0 bridgehead atoms. The Bertz CT molecular complexity index is 867. The molecule has 1 amide bonds. The Morgan fingerprint density at radius 2 is 1.83 bits per heavy atom. The lowest BCUT2D eigenvalue weighted by atomic mass is 10.1. The molecule has 0 aromatic heterocycles. The molecule has 24 heavy (non-hydrogen) atoms. The molecule has 0 saturated heterocycles. The van der Waals surface area contributed by atoms with E-state index >= 15 is 0 Å². The van der Waals surface area contributed by atoms with Crippen molar-refractivity contribution in [1.29, 1.82) is 5.26 Å². The average Bonchev–Trinajstić information content (AvgIpc) is 2.53. The molecule has 0 heterocycles. The zero-order chi connectivity index (χ0) is 17.7. The summed E-state index contributed by atoms with van der Waals surface area (Å²) in [5.41, 5.74) is 0.739. The van der Waals surface area contributed by atoms with Gasteiger partial charge in [0.05, 0.1) is 23.0 Å². The highest BCUT2D eigenvalue weighted by atomic mass is 16.4. The van der Waals surface area contributed by atoms with E-state index in [0.29, 0.717) is 11.3 Å². The molecule has 0 aliphatic rings. The number of carbonyl (C=O) groups excluding carboxylic acids is 1. The fraction of sp³-hybridized carbons (Fsp3) is 0.0625. The maximum absolute atomic E-state index is 11.2. The number of benzene rings is 2. The van der Waals surface area contributed by atoms with Crippen LogP contribution < -0.4 is 5.32 Å². The molecule has 2 aromatic rings. The van der Waals surface area contributed by atoms with Crippen molar-refractivity contribution >= 4 is 28.9 Å². The molecule has 0 unspecified atom stereocenters. The molecule has 0 atom stereocenters. The fourth-order valence-corrected chi connectivity index (χ4v) is 1.83. The number of nitrogens with zero attached hydrogens (tertiary/aromatic N) is 3. The lowest BCUT2D eigenvalue weighted by Crippen LogP contribution is -2.07. The molecule has 0 radical (unpaired) electrons. The first-order valence-corrected chi connectivity index (χ1v) is 6.70. The Labute approximate surface area is 136 Å². The quantitative estimate of drug-likeness (QED) is 0.741. The third-order valence-electron chi connectivity index (χ3n) is 2.92. The molecule has 0 aliphatic carbocycles. The topological polar surface area (TPSA) is 135 Å². The van der Waals surface area contributed by atoms with Gasteiger partial charge in [0.15, 0.2) is 0 Å². The van der Waals surface area contributed by atoms with Crippen molar-refractivity contribution in [2.45, 2.75) is 6.92 Å². The molecule has 2 aromatic carbocycles. The largest absolute Gasteiger partial charge is 0.507 e. The zero-order valence-corrected chi connectivity index (χ0v) is 12.5. The van der Waals surface area contributed by atoms with Gasteiger partial charge >= 0.3 is 5.97 Å². The van der Waals surface area contributed by atoms with Crippen LogP contribution in [0.15, 0.2) is 46.6 Å². The van der Waals surface area contributed by atoms with Crippen molar-refractivity contribution in [3.63, 3.8) is 0 Å². The van der Waals surface area contributed by atoms with Crippen LogP contribution in [0.2, 0.25) is 0 Å². The van der Waals surface area contributed by atoms with E-state index in [0.717, 1.165) is 12.1 Å². The summed E-state index contributed by atoms with van der Waals surface area (Å²) in [4.78, 5) is 22.3. The lowest BCUT2D eigenvalue weighted by Gasteiger charge is -2.08. The Morgan fingerprint density at radius 3 is 2.38 bits per heavy atom. The summed E-state index contributed by atoms with van der Waals surface area (Å²) in [5, 5.41) is 37.8. The van der Waals surface area contributed by atoms with Crippen molar-refractivity contribution in [3.8, 4) is 11.8 Å². The molecule has 8 nitrogen and oxygen atoms in total. The van der Waals surface area contributed by atoms with Gasteiger partial charge in [0.2, 0.25) is 5.91 Å². The van der Waals surface area contributed by atoms with E-state index in [9.17, 15) is 14.7 Å². The van der Waals surface area contributed by atoms with E-state index in [1.807, 2.05) is 6.07 Å². The second-order valence-corrected chi connectivity index (χ2v) is 4.73. The first kappa shape index (κ1) is 16.6. The maximum atomic E-state index is 11.2. The Hall–Kier alpha value is -3.73. The summed E-state index contributed by atoms with van der Waals surface area (Å²) in [7, 11) is 0. The second-order valence-electron chi connectivity index (χ2n) is 4.73. The highest BCUT2D eigenvalue weighted by molar-refractivity contribution is 5.97. The van der Waals surface area contributed by atoms with Crippen LogP contribution in [0.5, 0.6) is 5.75 Å². The first-order valence-electron chi connectivity index (χ1n) is 6.70. The van der Waals surface area contributed by atoms with Gasteiger partial charge in [-0.3, -0.25) is 4.79 Å². The lowest BCUT2D eigenvalue weighted by molar-refractivity contribution is -0.114. The molecule has 8 heteroatoms. The Balaban J connectivity index is 2.43. The molecular weight excluding hydrogens is 312 g/mol. The van der Waals surface area contributed by atoms with Crippen LogP contribution in [-0.2, 0) is 4.79 Å². The minimum atomic E-state index is -1.34. The summed E-state index contributed by atoms with van der Waals surface area (Å²) in [6.45, 7) is 1.27. The van der Waals surface area contributed by atoms with Crippen molar-refractivity contribution in [2.75, 3.05) is 5.32 Å². The Kier molecular flexibility index (Phi) is 4.87. The van der Waals surface area contributed by atoms with Crippen LogP contribution in [-0.4, -0.2) is 22.1 Å². The van der Waals surface area contributed by atoms with Crippen LogP contribution in [0.1, 0.15) is 22.8 Å². The molecule has 3 N–H and O–H groups in total. The number of carboxylic acids is 1. The number of hydrogen-bond acceptors (Lipinski definition) is 6. The molecular formula is C16H12N4O4. The van der Waals surface area contributed by atoms with Crippen LogP contribution in [0.4, 0.5) is 17.1 Å². The number of carbonyl (C=O) groups is 2. The van der Waals surface area contributed by atoms with E-state index in [4.69, 9.17) is 10.4 Å². The predicted molar refractivity (Wildman–Crippen MR) is 84.7 cm³/mol. The van der Waals surface area contributed by atoms with Gasteiger partial charge in [0.25, 0.3) is 0 Å². The van der Waals surface area contributed by atoms with Crippen molar-refractivity contribution < 1.29 is 19.8 Å². The number of aromatic carboxylic acids is 1. The highest BCUT2D eigenvalue weighted by Gasteiger charge is 2.15. The van der Waals surface area contributed by atoms with E-state index in [1.54, 1.807) is 24.3 Å². The zero-order valence-electron chi connectivity index (χ0n) is 12.5. The minimum absolute atomic E-state index is 0.0739. The number of nitriles is 1. The Morgan fingerprint density at radius 1 is 1.17 bits per heavy atom. The SMILES string of the molecule is CC(=O)Nc1cc(O)c(C(=O)O)cc1N=Nc1ccc(C#N)cc1. The molecule has 0 fully saturated rings. The third-order valence-corrected chi connectivity index (χ3v) is 2.92. The minimum Gasteiger partial charge on any atom is -0.507 e. The van der Waals surface area contributed by atoms with Gasteiger partial charge in [0.1, 0.15) is 17.0 Å². The summed E-state index contributed by atoms with van der Waals surface area (Å²) in [6.07, 6.45) is 0. The number of azo groups is 1. The predicted octanol–water partition coefficient (Wildman–Crippen LogP) is 3.34. The van der Waals surface area contributed by atoms with Crippen molar-refractivity contribution in [1.82, 2.24) is 0 Å². The maximum Gasteiger partial charge on any atom is 0.339 e. The van der Waals surface area contributed by atoms with Crippen molar-refractivity contribution in [2.24, 2.45) is 10.2 Å². The summed E-state index contributed by atoms with van der Waals surface area (Å²) < 4.78 is 0. The van der Waals surface area contributed by atoms with Crippen LogP contribution in [0.3, 0.4) is 0 Å². The number of rotatable bonds is 4. The van der Waals surface area contributed by atoms with Crippen molar-refractivity contribution in [3.05, 3.63) is 47.5 Å². The summed E-state index contributed by atoms with van der Waals surface area (Å²) in [6, 6.07) is 10.4. The third kappa shape index (κ3) is 3.92. The van der Waals surface area contributed by atoms with Crippen LogP contribution >= 0.6 is 0 Å². The van der Waals surface area contributed by atoms with E-state index in [2.05, 4.69) is 15.5 Å². The molecule has 0 aliphatic heterocycles. The standard InChI is InChI=1S/C16H12N4O4/c1-9(21)18-13-7-15(22)12(16(23)24)6-14(13)20-19-11-4-2-10(8-17)3-5-11/h2-7,22H,1H3,(H,18,21)(H,23,24).